The van der Waals surface area contributed by atoms with E-state index in [1.54, 1.807) is 7.05 Å². The summed E-state index contributed by atoms with van der Waals surface area (Å²) in [6, 6.07) is 21.5. The molecule has 1 aliphatic carbocycles. The Bertz CT molecular complexity index is 1210. The molecule has 0 atom stereocenters. The van der Waals surface area contributed by atoms with Gasteiger partial charge in [-0.05, 0) is 86.1 Å². The van der Waals surface area contributed by atoms with Crippen LogP contribution in [0.5, 0.6) is 11.5 Å². The maximum Gasteiger partial charge on any atom is 0.387 e. The minimum atomic E-state index is -2.97. The summed E-state index contributed by atoms with van der Waals surface area (Å²) in [5.74, 6) is 0.698. The van der Waals surface area contributed by atoms with Crippen LogP contribution in [0.1, 0.15) is 55.3 Å². The number of amides is 1. The average Bonchev–Trinajstić information content (AvgIpc) is 3.51. The third-order valence-electron chi connectivity index (χ3n) is 7.71. The number of carbonyl (C=O) groups excluding carboxylic acids is 1. The van der Waals surface area contributed by atoms with Gasteiger partial charge in [-0.25, -0.2) is 0 Å². The normalized spacial score (nSPS) is 15.8. The Morgan fingerprint density at radius 1 is 0.875 bits per heavy atom. The first-order valence-corrected chi connectivity index (χ1v) is 14.2. The van der Waals surface area contributed by atoms with Gasteiger partial charge in [0.1, 0.15) is 0 Å². The fourth-order valence-electron chi connectivity index (χ4n) is 5.53. The zero-order valence-electron chi connectivity index (χ0n) is 23.5. The highest BCUT2D eigenvalue weighted by Crippen LogP contribution is 2.31. The van der Waals surface area contributed by atoms with E-state index in [1.807, 2.05) is 54.6 Å². The molecule has 5 nitrogen and oxygen atoms in total. The van der Waals surface area contributed by atoms with Crippen molar-refractivity contribution in [1.29, 1.82) is 0 Å². The Morgan fingerprint density at radius 3 is 2.25 bits per heavy atom. The Balaban J connectivity index is 0.000000255. The van der Waals surface area contributed by atoms with Gasteiger partial charge in [-0.2, -0.15) is 8.78 Å². The van der Waals surface area contributed by atoms with Crippen LogP contribution in [-0.4, -0.2) is 51.2 Å². The molecule has 0 unspecified atom stereocenters. The summed E-state index contributed by atoms with van der Waals surface area (Å²) in [5.41, 5.74) is 3.03. The molecule has 1 aliphatic heterocycles. The fourth-order valence-corrected chi connectivity index (χ4v) is 5.53. The molecule has 0 N–H and O–H groups in total. The standard InChI is InChI=1S/C22H19F2NO3.C11H21N/c1-25(18-10-6-9-16(13-18)15-7-4-3-5-8-15)21(26)17-11-12-19(28-22(23)24)20(14-17)27-2;1-2-6-11(7-3-1)10-12-8-4-5-9-12/h3-14,22H,1-2H3;11H,1-10H2. The van der Waals surface area contributed by atoms with Crippen molar-refractivity contribution in [1.82, 2.24) is 4.90 Å². The Morgan fingerprint density at radius 2 is 1.57 bits per heavy atom. The quantitative estimate of drug-likeness (QED) is 0.286. The number of ether oxygens (including phenoxy) is 2. The van der Waals surface area contributed by atoms with E-state index in [1.165, 1.54) is 94.8 Å². The zero-order valence-corrected chi connectivity index (χ0v) is 23.5. The average molecular weight is 551 g/mol. The molecule has 3 aromatic carbocycles. The number of alkyl halides is 2. The molecule has 214 valence electrons. The number of carbonyl (C=O) groups is 1. The molecule has 3 aromatic rings. The van der Waals surface area contributed by atoms with Gasteiger partial charge in [-0.15, -0.1) is 0 Å². The summed E-state index contributed by atoms with van der Waals surface area (Å²) in [4.78, 5) is 17.0. The van der Waals surface area contributed by atoms with Crippen LogP contribution in [0.2, 0.25) is 0 Å². The van der Waals surface area contributed by atoms with Crippen molar-refractivity contribution in [3.63, 3.8) is 0 Å². The molecular formula is C33H40F2N2O3. The van der Waals surface area contributed by atoms with Gasteiger partial charge in [-0.1, -0.05) is 61.7 Å². The maximum absolute atomic E-state index is 12.9. The van der Waals surface area contributed by atoms with E-state index in [-0.39, 0.29) is 17.4 Å². The van der Waals surface area contributed by atoms with Gasteiger partial charge in [0.05, 0.1) is 7.11 Å². The van der Waals surface area contributed by atoms with Gasteiger partial charge in [0, 0.05) is 24.8 Å². The van der Waals surface area contributed by atoms with Gasteiger partial charge >= 0.3 is 6.61 Å². The second kappa shape index (κ2) is 14.8. The molecule has 2 fully saturated rings. The molecule has 0 radical (unpaired) electrons. The monoisotopic (exact) mass is 550 g/mol. The molecule has 5 rings (SSSR count). The molecule has 0 bridgehead atoms. The van der Waals surface area contributed by atoms with Crippen LogP contribution in [0.25, 0.3) is 11.1 Å². The lowest BCUT2D eigenvalue weighted by Gasteiger charge is -2.26. The third-order valence-corrected chi connectivity index (χ3v) is 7.71. The van der Waals surface area contributed by atoms with Gasteiger partial charge in [0.2, 0.25) is 0 Å². The SMILES string of the molecule is C1CCC(CN2CCCC2)CC1.COc1cc(C(=O)N(C)c2cccc(-c3ccccc3)c2)ccc1OC(F)F. The fraction of sp³-hybridized carbons (Fsp3) is 0.424. The highest BCUT2D eigenvalue weighted by molar-refractivity contribution is 6.06. The van der Waals surface area contributed by atoms with Crippen molar-refractivity contribution in [2.24, 2.45) is 5.92 Å². The minimum Gasteiger partial charge on any atom is -0.493 e. The lowest BCUT2D eigenvalue weighted by Crippen LogP contribution is -2.27. The van der Waals surface area contributed by atoms with Crippen LogP contribution >= 0.6 is 0 Å². The van der Waals surface area contributed by atoms with E-state index >= 15 is 0 Å². The molecule has 1 amide bonds. The minimum absolute atomic E-state index is 0.0672. The Labute approximate surface area is 236 Å². The number of hydrogen-bond acceptors (Lipinski definition) is 4. The lowest BCUT2D eigenvalue weighted by molar-refractivity contribution is -0.0512. The van der Waals surface area contributed by atoms with Gasteiger partial charge in [0.15, 0.2) is 11.5 Å². The molecule has 40 heavy (non-hydrogen) atoms. The third kappa shape index (κ3) is 8.28. The summed E-state index contributed by atoms with van der Waals surface area (Å²) in [6.45, 7) is 1.21. The van der Waals surface area contributed by atoms with E-state index in [0.29, 0.717) is 11.3 Å². The second-order valence-corrected chi connectivity index (χ2v) is 10.5. The van der Waals surface area contributed by atoms with Crippen LogP contribution in [0.3, 0.4) is 0 Å². The number of halogens is 2. The number of likely N-dealkylation sites (tertiary alicyclic amines) is 1. The van der Waals surface area contributed by atoms with Crippen LogP contribution in [-0.2, 0) is 0 Å². The molecule has 1 saturated heterocycles. The van der Waals surface area contributed by atoms with Crippen LogP contribution in [0, 0.1) is 5.92 Å². The summed E-state index contributed by atoms with van der Waals surface area (Å²) in [5, 5.41) is 0. The van der Waals surface area contributed by atoms with E-state index in [0.717, 1.165) is 17.0 Å². The summed E-state index contributed by atoms with van der Waals surface area (Å²) >= 11 is 0. The first-order valence-electron chi connectivity index (χ1n) is 14.2. The number of benzene rings is 3. The van der Waals surface area contributed by atoms with Crippen molar-refractivity contribution < 1.29 is 23.0 Å². The number of rotatable bonds is 8. The highest BCUT2D eigenvalue weighted by atomic mass is 19.3. The van der Waals surface area contributed by atoms with Gasteiger partial charge in [-0.3, -0.25) is 4.79 Å². The van der Waals surface area contributed by atoms with Crippen LogP contribution in [0.4, 0.5) is 14.5 Å². The molecule has 0 aromatic heterocycles. The predicted octanol–water partition coefficient (Wildman–Crippen LogP) is 7.90. The summed E-state index contributed by atoms with van der Waals surface area (Å²) in [7, 11) is 2.98. The first-order chi connectivity index (χ1) is 19.4. The van der Waals surface area contributed by atoms with Crippen LogP contribution in [0.15, 0.2) is 72.8 Å². The number of hydrogen-bond donors (Lipinski definition) is 0. The lowest BCUT2D eigenvalue weighted by atomic mass is 9.89. The van der Waals surface area contributed by atoms with Crippen LogP contribution < -0.4 is 14.4 Å². The van der Waals surface area contributed by atoms with Crippen molar-refractivity contribution in [2.75, 3.05) is 38.7 Å². The van der Waals surface area contributed by atoms with Crippen molar-refractivity contribution in [2.45, 2.75) is 51.6 Å². The number of nitrogens with zero attached hydrogens (tertiary/aromatic N) is 2. The van der Waals surface area contributed by atoms with E-state index in [4.69, 9.17) is 4.74 Å². The molecule has 1 heterocycles. The summed E-state index contributed by atoms with van der Waals surface area (Å²) < 4.78 is 34.4. The topological polar surface area (TPSA) is 42.0 Å². The Hall–Kier alpha value is -3.45. The number of anilines is 1. The highest BCUT2D eigenvalue weighted by Gasteiger charge is 2.20. The van der Waals surface area contributed by atoms with Crippen molar-refractivity contribution in [3.05, 3.63) is 78.4 Å². The van der Waals surface area contributed by atoms with E-state index in [2.05, 4.69) is 9.64 Å². The van der Waals surface area contributed by atoms with Crippen molar-refractivity contribution in [3.8, 4) is 22.6 Å². The molecular weight excluding hydrogens is 510 g/mol. The van der Waals surface area contributed by atoms with E-state index < -0.39 is 6.61 Å². The predicted molar refractivity (Wildman–Crippen MR) is 156 cm³/mol. The smallest absolute Gasteiger partial charge is 0.387 e. The molecule has 7 heteroatoms. The number of methoxy groups -OCH3 is 1. The second-order valence-electron chi connectivity index (χ2n) is 10.5. The molecule has 1 saturated carbocycles. The van der Waals surface area contributed by atoms with Gasteiger partial charge in [0.25, 0.3) is 5.91 Å². The Kier molecular flexibility index (Phi) is 10.9. The molecule has 2 aliphatic rings. The largest absolute Gasteiger partial charge is 0.493 e. The van der Waals surface area contributed by atoms with Crippen molar-refractivity contribution >= 4 is 11.6 Å². The maximum atomic E-state index is 12.9. The van der Waals surface area contributed by atoms with E-state index in [9.17, 15) is 13.6 Å². The summed E-state index contributed by atoms with van der Waals surface area (Å²) in [6.07, 6.45) is 10.4. The first kappa shape index (κ1) is 29.5. The van der Waals surface area contributed by atoms with Gasteiger partial charge < -0.3 is 19.3 Å². The zero-order chi connectivity index (χ0) is 28.3. The molecule has 0 spiro atoms.